The lowest BCUT2D eigenvalue weighted by atomic mass is 10.1. The molecule has 0 atom stereocenters. The summed E-state index contributed by atoms with van der Waals surface area (Å²) in [5.41, 5.74) is 3.68. The van der Waals surface area contributed by atoms with Gasteiger partial charge >= 0.3 is 0 Å². The Kier molecular flexibility index (Phi) is 3.49. The molecule has 1 amide bonds. The number of carbonyl (C=O) groups is 1. The van der Waals surface area contributed by atoms with Gasteiger partial charge in [0.1, 0.15) is 5.82 Å². The zero-order valence-electron chi connectivity index (χ0n) is 11.2. The highest BCUT2D eigenvalue weighted by Crippen LogP contribution is 2.23. The molecule has 0 bridgehead atoms. The van der Waals surface area contributed by atoms with Crippen LogP contribution in [-0.2, 0) is 0 Å². The Balaban J connectivity index is 1.89. The Labute approximate surface area is 121 Å². The second-order valence-electron chi connectivity index (χ2n) is 4.56. The van der Waals surface area contributed by atoms with Gasteiger partial charge in [-0.15, -0.1) is 0 Å². The normalized spacial score (nSPS) is 10.3. The van der Waals surface area contributed by atoms with Crippen LogP contribution >= 0.6 is 0 Å². The van der Waals surface area contributed by atoms with Crippen LogP contribution < -0.4 is 16.6 Å². The van der Waals surface area contributed by atoms with E-state index in [9.17, 15) is 4.79 Å². The first kappa shape index (κ1) is 13.1. The van der Waals surface area contributed by atoms with E-state index >= 15 is 0 Å². The number of nitrogen functional groups attached to an aromatic ring is 1. The number of amides is 1. The largest absolute Gasteiger partial charge is 0.321 e. The van der Waals surface area contributed by atoms with Crippen LogP contribution in [0.2, 0.25) is 0 Å². The second kappa shape index (κ2) is 5.60. The first-order valence-corrected chi connectivity index (χ1v) is 6.50. The molecule has 5 nitrogen and oxygen atoms in total. The van der Waals surface area contributed by atoms with Crippen molar-refractivity contribution in [1.29, 1.82) is 0 Å². The maximum atomic E-state index is 12.3. The number of aromatic nitrogens is 1. The first-order valence-electron chi connectivity index (χ1n) is 6.50. The summed E-state index contributed by atoms with van der Waals surface area (Å²) in [6, 6.07) is 17.0. The molecule has 0 saturated carbocycles. The van der Waals surface area contributed by atoms with Gasteiger partial charge in [-0.1, -0.05) is 36.4 Å². The monoisotopic (exact) mass is 278 g/mol. The van der Waals surface area contributed by atoms with Gasteiger partial charge in [0, 0.05) is 17.3 Å². The van der Waals surface area contributed by atoms with Crippen molar-refractivity contribution in [2.24, 2.45) is 5.84 Å². The zero-order chi connectivity index (χ0) is 14.7. The van der Waals surface area contributed by atoms with Crippen molar-refractivity contribution in [3.8, 4) is 0 Å². The topological polar surface area (TPSA) is 80.0 Å². The third kappa shape index (κ3) is 2.68. The number of hydrazine groups is 1. The Morgan fingerprint density at radius 3 is 2.57 bits per heavy atom. The Morgan fingerprint density at radius 1 is 1.00 bits per heavy atom. The van der Waals surface area contributed by atoms with Crippen molar-refractivity contribution in [2.75, 3.05) is 10.7 Å². The summed E-state index contributed by atoms with van der Waals surface area (Å²) in [5.74, 6) is 5.55. The Bertz CT molecular complexity index is 778. The molecule has 1 aromatic heterocycles. The summed E-state index contributed by atoms with van der Waals surface area (Å²) in [4.78, 5) is 16.3. The molecule has 0 spiro atoms. The summed E-state index contributed by atoms with van der Waals surface area (Å²) in [7, 11) is 0. The summed E-state index contributed by atoms with van der Waals surface area (Å²) < 4.78 is 0. The number of hydrogen-bond acceptors (Lipinski definition) is 4. The number of fused-ring (bicyclic) bond motifs is 1. The fourth-order valence-corrected chi connectivity index (χ4v) is 2.14. The minimum atomic E-state index is -0.206. The lowest BCUT2D eigenvalue weighted by Gasteiger charge is -2.09. The van der Waals surface area contributed by atoms with Crippen LogP contribution in [0, 0.1) is 0 Å². The molecule has 21 heavy (non-hydrogen) atoms. The maximum Gasteiger partial charge on any atom is 0.257 e. The van der Waals surface area contributed by atoms with E-state index in [-0.39, 0.29) is 5.91 Å². The van der Waals surface area contributed by atoms with Gasteiger partial charge in [-0.2, -0.15) is 0 Å². The van der Waals surface area contributed by atoms with Crippen molar-refractivity contribution >= 4 is 28.2 Å². The van der Waals surface area contributed by atoms with E-state index in [2.05, 4.69) is 15.7 Å². The maximum absolute atomic E-state index is 12.3. The smallest absolute Gasteiger partial charge is 0.257 e. The van der Waals surface area contributed by atoms with Gasteiger partial charge in [0.25, 0.3) is 5.91 Å². The van der Waals surface area contributed by atoms with Gasteiger partial charge in [0.05, 0.1) is 5.56 Å². The highest BCUT2D eigenvalue weighted by molar-refractivity contribution is 6.09. The molecule has 0 aliphatic carbocycles. The number of nitrogens with two attached hydrogens (primary N) is 1. The van der Waals surface area contributed by atoms with Crippen LogP contribution in [0.3, 0.4) is 0 Å². The van der Waals surface area contributed by atoms with Crippen LogP contribution in [0.5, 0.6) is 0 Å². The van der Waals surface area contributed by atoms with Crippen molar-refractivity contribution in [2.45, 2.75) is 0 Å². The number of anilines is 2. The average molecular weight is 278 g/mol. The van der Waals surface area contributed by atoms with Crippen LogP contribution in [0.25, 0.3) is 10.8 Å². The minimum Gasteiger partial charge on any atom is -0.321 e. The number of nitrogens with zero attached hydrogens (tertiary/aromatic N) is 1. The third-order valence-corrected chi connectivity index (χ3v) is 3.21. The number of carbonyl (C=O) groups excluding carboxylic acids is 1. The average Bonchev–Trinajstić information content (AvgIpc) is 2.55. The Morgan fingerprint density at radius 2 is 1.81 bits per heavy atom. The molecule has 2 aromatic carbocycles. The molecule has 5 heteroatoms. The van der Waals surface area contributed by atoms with Gasteiger partial charge < -0.3 is 10.7 Å². The number of nitrogens with one attached hydrogen (secondary N) is 2. The van der Waals surface area contributed by atoms with Crippen LogP contribution in [-0.4, -0.2) is 10.9 Å². The summed E-state index contributed by atoms with van der Waals surface area (Å²) >= 11 is 0. The van der Waals surface area contributed by atoms with E-state index in [0.717, 1.165) is 16.5 Å². The lowest BCUT2D eigenvalue weighted by Crippen LogP contribution is -2.13. The van der Waals surface area contributed by atoms with Gasteiger partial charge in [-0.3, -0.25) is 4.79 Å². The molecule has 4 N–H and O–H groups in total. The predicted octanol–water partition coefficient (Wildman–Crippen LogP) is 2.77. The minimum absolute atomic E-state index is 0.206. The van der Waals surface area contributed by atoms with Gasteiger partial charge in [-0.05, 0) is 23.6 Å². The number of hydrogen-bond donors (Lipinski definition) is 3. The van der Waals surface area contributed by atoms with E-state index < -0.39 is 0 Å². The first-order chi connectivity index (χ1) is 10.3. The molecule has 0 aliphatic heterocycles. The van der Waals surface area contributed by atoms with Gasteiger partial charge in [0.2, 0.25) is 0 Å². The summed E-state index contributed by atoms with van der Waals surface area (Å²) in [5, 5.41) is 4.99. The molecular weight excluding hydrogens is 264 g/mol. The molecule has 0 saturated heterocycles. The van der Waals surface area contributed by atoms with E-state index in [1.807, 2.05) is 42.5 Å². The van der Waals surface area contributed by atoms with E-state index in [0.29, 0.717) is 11.4 Å². The van der Waals surface area contributed by atoms with Crippen LogP contribution in [0.1, 0.15) is 10.4 Å². The highest BCUT2D eigenvalue weighted by atomic mass is 16.1. The molecule has 3 aromatic rings. The van der Waals surface area contributed by atoms with Crippen molar-refractivity contribution < 1.29 is 4.79 Å². The van der Waals surface area contributed by atoms with Crippen molar-refractivity contribution in [3.05, 3.63) is 66.4 Å². The molecule has 0 radical (unpaired) electrons. The number of pyridine rings is 1. The standard InChI is InChI=1S/C16H14N4O/c17-20-15-9-8-12(10-18-15)16(21)19-14-7-3-5-11-4-1-2-6-13(11)14/h1-10H,17H2,(H,18,20)(H,19,21). The van der Waals surface area contributed by atoms with Crippen LogP contribution in [0.15, 0.2) is 60.8 Å². The SMILES string of the molecule is NNc1ccc(C(=O)Nc2cccc3ccccc23)cn1. The van der Waals surface area contributed by atoms with Gasteiger partial charge in [0.15, 0.2) is 0 Å². The fraction of sp³-hybridized carbons (Fsp3) is 0. The van der Waals surface area contributed by atoms with Crippen LogP contribution in [0.4, 0.5) is 11.5 Å². The molecule has 0 aliphatic rings. The molecule has 104 valence electrons. The molecule has 0 unspecified atom stereocenters. The van der Waals surface area contributed by atoms with E-state index in [4.69, 9.17) is 5.84 Å². The third-order valence-electron chi connectivity index (χ3n) is 3.21. The van der Waals surface area contributed by atoms with Crippen molar-refractivity contribution in [1.82, 2.24) is 4.98 Å². The zero-order valence-corrected chi connectivity index (χ0v) is 11.2. The van der Waals surface area contributed by atoms with Gasteiger partial charge in [-0.25, -0.2) is 10.8 Å². The number of benzene rings is 2. The quantitative estimate of drug-likeness (QED) is 0.508. The molecular formula is C16H14N4O. The summed E-state index contributed by atoms with van der Waals surface area (Å²) in [6.45, 7) is 0. The Hall–Kier alpha value is -2.92. The number of rotatable bonds is 3. The van der Waals surface area contributed by atoms with E-state index in [1.54, 1.807) is 12.1 Å². The fourth-order valence-electron chi connectivity index (χ4n) is 2.14. The van der Waals surface area contributed by atoms with Crippen molar-refractivity contribution in [3.63, 3.8) is 0 Å². The second-order valence-corrected chi connectivity index (χ2v) is 4.56. The molecule has 3 rings (SSSR count). The highest BCUT2D eigenvalue weighted by Gasteiger charge is 2.08. The van der Waals surface area contributed by atoms with E-state index in [1.165, 1.54) is 6.20 Å². The molecule has 0 fully saturated rings. The lowest BCUT2D eigenvalue weighted by molar-refractivity contribution is 0.102. The molecule has 1 heterocycles. The predicted molar refractivity (Wildman–Crippen MR) is 83.9 cm³/mol. The summed E-state index contributed by atoms with van der Waals surface area (Å²) in [6.07, 6.45) is 1.48.